The number of nitrogens with zero attached hydrogens (tertiary/aromatic N) is 4. The number of ether oxygens (including phenoxy) is 1. The summed E-state index contributed by atoms with van der Waals surface area (Å²) >= 11 is 0. The number of aromatic nitrogens is 2. The van der Waals surface area contributed by atoms with Gasteiger partial charge in [0.05, 0.1) is 29.8 Å². The predicted molar refractivity (Wildman–Crippen MR) is 82.7 cm³/mol. The van der Waals surface area contributed by atoms with Crippen molar-refractivity contribution in [1.29, 1.82) is 0 Å². The third-order valence-electron chi connectivity index (χ3n) is 5.46. The number of carbonyl (C=O) groups is 2. The van der Waals surface area contributed by atoms with Crippen molar-refractivity contribution in [3.05, 3.63) is 12.4 Å². The van der Waals surface area contributed by atoms with Crippen LogP contribution in [0.15, 0.2) is 12.4 Å². The zero-order chi connectivity index (χ0) is 16.0. The van der Waals surface area contributed by atoms with Crippen LogP contribution in [0.25, 0.3) is 0 Å². The molecule has 1 aromatic heterocycles. The summed E-state index contributed by atoms with van der Waals surface area (Å²) in [5, 5.41) is 4.15. The van der Waals surface area contributed by atoms with Crippen molar-refractivity contribution >= 4 is 17.5 Å². The highest BCUT2D eigenvalue weighted by Gasteiger charge is 2.52. The lowest BCUT2D eigenvalue weighted by molar-refractivity contribution is -0.135. The van der Waals surface area contributed by atoms with E-state index in [1.54, 1.807) is 10.9 Å². The van der Waals surface area contributed by atoms with Gasteiger partial charge in [-0.15, -0.1) is 0 Å². The molecule has 7 heteroatoms. The molecule has 0 unspecified atom stereocenters. The maximum atomic E-state index is 13.0. The van der Waals surface area contributed by atoms with Crippen molar-refractivity contribution in [2.45, 2.75) is 19.3 Å². The Bertz CT molecular complexity index is 637. The fraction of sp³-hybridized carbons (Fsp3) is 0.688. The van der Waals surface area contributed by atoms with Crippen LogP contribution in [0.2, 0.25) is 0 Å². The van der Waals surface area contributed by atoms with Crippen LogP contribution in [-0.2, 0) is 21.4 Å². The molecule has 0 N–H and O–H groups in total. The van der Waals surface area contributed by atoms with Crippen molar-refractivity contribution in [1.82, 2.24) is 14.7 Å². The van der Waals surface area contributed by atoms with E-state index in [0.29, 0.717) is 32.8 Å². The van der Waals surface area contributed by atoms with Gasteiger partial charge in [0.1, 0.15) is 0 Å². The second-order valence-electron chi connectivity index (χ2n) is 6.93. The van der Waals surface area contributed by atoms with Gasteiger partial charge in [-0.25, -0.2) is 0 Å². The fourth-order valence-electron chi connectivity index (χ4n) is 4.04. The van der Waals surface area contributed by atoms with E-state index in [4.69, 9.17) is 4.74 Å². The molecule has 3 aliphatic rings. The molecular weight excluding hydrogens is 296 g/mol. The number of rotatable bonds is 2. The Kier molecular flexibility index (Phi) is 3.41. The largest absolute Gasteiger partial charge is 0.381 e. The standard InChI is InChI=1S/C16H22N4O3/c1-18-9-13(8-17-18)20-6-4-16(15(20)22)3-5-19(11-16)14(21)12-2-7-23-10-12/h8-9,12H,2-7,10-11H2,1H3/t12-,16-/m1/s1. The first-order valence-corrected chi connectivity index (χ1v) is 8.26. The Morgan fingerprint density at radius 3 is 2.91 bits per heavy atom. The monoisotopic (exact) mass is 318 g/mol. The lowest BCUT2D eigenvalue weighted by Gasteiger charge is -2.24. The minimum Gasteiger partial charge on any atom is -0.381 e. The zero-order valence-electron chi connectivity index (χ0n) is 13.4. The molecule has 1 spiro atoms. The van der Waals surface area contributed by atoms with Gasteiger partial charge in [0.25, 0.3) is 0 Å². The number of hydrogen-bond acceptors (Lipinski definition) is 4. The lowest BCUT2D eigenvalue weighted by atomic mass is 9.85. The summed E-state index contributed by atoms with van der Waals surface area (Å²) in [5.41, 5.74) is 0.452. The zero-order valence-corrected chi connectivity index (χ0v) is 13.4. The molecular formula is C16H22N4O3. The van der Waals surface area contributed by atoms with E-state index in [0.717, 1.165) is 24.9 Å². The molecule has 0 aromatic carbocycles. The van der Waals surface area contributed by atoms with Gasteiger partial charge in [0.15, 0.2) is 0 Å². The molecule has 2 amide bonds. The minimum absolute atomic E-state index is 0.0175. The highest BCUT2D eigenvalue weighted by atomic mass is 16.5. The van der Waals surface area contributed by atoms with E-state index in [1.807, 2.05) is 23.0 Å². The Morgan fingerprint density at radius 1 is 1.39 bits per heavy atom. The van der Waals surface area contributed by atoms with Crippen LogP contribution in [0.3, 0.4) is 0 Å². The number of carbonyl (C=O) groups excluding carboxylic acids is 2. The first-order valence-electron chi connectivity index (χ1n) is 8.26. The summed E-state index contributed by atoms with van der Waals surface area (Å²) in [5.74, 6) is 0.284. The highest BCUT2D eigenvalue weighted by molar-refractivity contribution is 6.00. The molecule has 3 fully saturated rings. The van der Waals surface area contributed by atoms with E-state index in [2.05, 4.69) is 5.10 Å². The Morgan fingerprint density at radius 2 is 2.22 bits per heavy atom. The van der Waals surface area contributed by atoms with Gasteiger partial charge in [-0.05, 0) is 19.3 Å². The molecule has 1 aromatic rings. The Hall–Kier alpha value is -1.89. The number of likely N-dealkylation sites (tertiary alicyclic amines) is 1. The normalized spacial score (nSPS) is 30.8. The van der Waals surface area contributed by atoms with Gasteiger partial charge >= 0.3 is 0 Å². The SMILES string of the molecule is Cn1cc(N2CC[C@@]3(CCN(C(=O)[C@@H]4CCOC4)C3)C2=O)cn1. The average molecular weight is 318 g/mol. The van der Waals surface area contributed by atoms with Crippen molar-refractivity contribution in [3.63, 3.8) is 0 Å². The van der Waals surface area contributed by atoms with Crippen LogP contribution >= 0.6 is 0 Å². The van der Waals surface area contributed by atoms with Gasteiger partial charge in [0, 0.05) is 39.5 Å². The molecule has 3 saturated heterocycles. The van der Waals surface area contributed by atoms with Gasteiger partial charge < -0.3 is 14.5 Å². The molecule has 124 valence electrons. The van der Waals surface area contributed by atoms with Crippen LogP contribution in [0.4, 0.5) is 5.69 Å². The van der Waals surface area contributed by atoms with Crippen molar-refractivity contribution in [2.75, 3.05) is 37.7 Å². The van der Waals surface area contributed by atoms with E-state index in [9.17, 15) is 9.59 Å². The molecule has 0 saturated carbocycles. The van der Waals surface area contributed by atoms with Crippen LogP contribution in [-0.4, -0.2) is 59.3 Å². The van der Waals surface area contributed by atoms with Crippen LogP contribution < -0.4 is 4.90 Å². The first-order chi connectivity index (χ1) is 11.1. The van der Waals surface area contributed by atoms with Crippen molar-refractivity contribution in [3.8, 4) is 0 Å². The minimum atomic E-state index is -0.398. The summed E-state index contributed by atoms with van der Waals surface area (Å²) in [6.07, 6.45) is 5.97. The number of aryl methyl sites for hydroxylation is 1. The third-order valence-corrected chi connectivity index (χ3v) is 5.46. The van der Waals surface area contributed by atoms with E-state index in [1.165, 1.54) is 0 Å². The van der Waals surface area contributed by atoms with Crippen molar-refractivity contribution in [2.24, 2.45) is 18.4 Å². The molecule has 0 bridgehead atoms. The summed E-state index contributed by atoms with van der Waals surface area (Å²) < 4.78 is 7.03. The summed E-state index contributed by atoms with van der Waals surface area (Å²) in [6, 6.07) is 0. The van der Waals surface area contributed by atoms with Gasteiger partial charge in [0.2, 0.25) is 11.8 Å². The van der Waals surface area contributed by atoms with Crippen LogP contribution in [0.5, 0.6) is 0 Å². The third kappa shape index (κ3) is 2.34. The summed E-state index contributed by atoms with van der Waals surface area (Å²) in [6.45, 7) is 3.14. The quantitative estimate of drug-likeness (QED) is 0.792. The molecule has 4 heterocycles. The highest BCUT2D eigenvalue weighted by Crippen LogP contribution is 2.42. The molecule has 4 rings (SSSR count). The smallest absolute Gasteiger partial charge is 0.235 e. The van der Waals surface area contributed by atoms with E-state index in [-0.39, 0.29) is 17.7 Å². The second-order valence-corrected chi connectivity index (χ2v) is 6.93. The van der Waals surface area contributed by atoms with Crippen molar-refractivity contribution < 1.29 is 14.3 Å². The van der Waals surface area contributed by atoms with E-state index < -0.39 is 5.41 Å². The Balaban J connectivity index is 1.47. The molecule has 3 aliphatic heterocycles. The van der Waals surface area contributed by atoms with Gasteiger partial charge in [-0.1, -0.05) is 0 Å². The van der Waals surface area contributed by atoms with E-state index >= 15 is 0 Å². The molecule has 2 atom stereocenters. The second kappa shape index (κ2) is 5.33. The van der Waals surface area contributed by atoms with Gasteiger partial charge in [-0.3, -0.25) is 14.3 Å². The number of hydrogen-bond donors (Lipinski definition) is 0. The number of amides is 2. The average Bonchev–Trinajstić information content (AvgIpc) is 3.30. The van der Waals surface area contributed by atoms with Crippen LogP contribution in [0.1, 0.15) is 19.3 Å². The Labute approximate surface area is 135 Å². The van der Waals surface area contributed by atoms with Gasteiger partial charge in [-0.2, -0.15) is 5.10 Å². The summed E-state index contributed by atoms with van der Waals surface area (Å²) in [7, 11) is 1.85. The molecule has 7 nitrogen and oxygen atoms in total. The molecule has 0 aliphatic carbocycles. The number of anilines is 1. The fourth-order valence-corrected chi connectivity index (χ4v) is 4.04. The molecule has 23 heavy (non-hydrogen) atoms. The maximum Gasteiger partial charge on any atom is 0.235 e. The predicted octanol–water partition coefficient (Wildman–Crippen LogP) is 0.412. The molecule has 0 radical (unpaired) electrons. The lowest BCUT2D eigenvalue weighted by Crippen LogP contribution is -2.40. The van der Waals surface area contributed by atoms with Crippen LogP contribution in [0, 0.1) is 11.3 Å². The summed E-state index contributed by atoms with van der Waals surface area (Å²) in [4.78, 5) is 29.2. The topological polar surface area (TPSA) is 67.7 Å². The first kappa shape index (κ1) is 14.7. The maximum absolute atomic E-state index is 13.0.